The molecule has 0 saturated heterocycles. The van der Waals surface area contributed by atoms with Gasteiger partial charge in [-0.3, -0.25) is 4.68 Å². The number of hydrogen-bond acceptors (Lipinski definition) is 2. The lowest BCUT2D eigenvalue weighted by Gasteiger charge is -1.98. The van der Waals surface area contributed by atoms with Gasteiger partial charge in [0.05, 0.1) is 0 Å². The summed E-state index contributed by atoms with van der Waals surface area (Å²) in [5.41, 5.74) is -0.612. The predicted octanol–water partition coefficient (Wildman–Crippen LogP) is 3.01. The second-order valence-electron chi connectivity index (χ2n) is 3.45. The van der Waals surface area contributed by atoms with Gasteiger partial charge in [0.15, 0.2) is 11.5 Å². The Bertz CT molecular complexity index is 510. The van der Waals surface area contributed by atoms with Gasteiger partial charge in [0, 0.05) is 7.05 Å². The minimum Gasteiger partial charge on any atom is -0.460 e. The highest BCUT2D eigenvalue weighted by atomic mass is 19.4. The van der Waals surface area contributed by atoms with E-state index in [2.05, 4.69) is 5.10 Å². The molecule has 2 aromatic rings. The third kappa shape index (κ3) is 1.82. The van der Waals surface area contributed by atoms with E-state index in [1.54, 1.807) is 19.1 Å². The molecule has 0 spiro atoms. The van der Waals surface area contributed by atoms with Crippen LogP contribution in [0.5, 0.6) is 0 Å². The lowest BCUT2D eigenvalue weighted by Crippen LogP contribution is -2.06. The number of hydrogen-bond donors (Lipinski definition) is 0. The topological polar surface area (TPSA) is 31.0 Å². The third-order valence-corrected chi connectivity index (χ3v) is 2.16. The Morgan fingerprint density at radius 3 is 2.44 bits per heavy atom. The molecule has 0 fully saturated rings. The van der Waals surface area contributed by atoms with Crippen molar-refractivity contribution in [2.45, 2.75) is 13.1 Å². The molecule has 0 bridgehead atoms. The predicted molar refractivity (Wildman–Crippen MR) is 50.6 cm³/mol. The molecule has 0 saturated carbocycles. The van der Waals surface area contributed by atoms with Crippen molar-refractivity contribution in [3.63, 3.8) is 0 Å². The van der Waals surface area contributed by atoms with E-state index in [4.69, 9.17) is 4.42 Å². The summed E-state index contributed by atoms with van der Waals surface area (Å²) >= 11 is 0. The quantitative estimate of drug-likeness (QED) is 0.754. The van der Waals surface area contributed by atoms with E-state index in [-0.39, 0.29) is 0 Å². The van der Waals surface area contributed by atoms with Gasteiger partial charge in [-0.15, -0.1) is 0 Å². The molecule has 0 aliphatic heterocycles. The first-order chi connectivity index (χ1) is 7.38. The first-order valence-corrected chi connectivity index (χ1v) is 4.56. The fourth-order valence-electron chi connectivity index (χ4n) is 1.41. The maximum absolute atomic E-state index is 12.4. The number of alkyl halides is 3. The van der Waals surface area contributed by atoms with Crippen LogP contribution >= 0.6 is 0 Å². The van der Waals surface area contributed by atoms with Gasteiger partial charge in [0.2, 0.25) is 0 Å². The van der Waals surface area contributed by atoms with Crippen molar-refractivity contribution >= 4 is 0 Å². The van der Waals surface area contributed by atoms with Gasteiger partial charge >= 0.3 is 6.18 Å². The highest BCUT2D eigenvalue weighted by molar-refractivity contribution is 5.53. The van der Waals surface area contributed by atoms with Crippen LogP contribution in [0.4, 0.5) is 13.2 Å². The summed E-state index contributed by atoms with van der Waals surface area (Å²) < 4.78 is 43.6. The fourth-order valence-corrected chi connectivity index (χ4v) is 1.41. The zero-order valence-corrected chi connectivity index (χ0v) is 8.67. The van der Waals surface area contributed by atoms with Gasteiger partial charge in [-0.25, -0.2) is 0 Å². The second-order valence-corrected chi connectivity index (χ2v) is 3.45. The Morgan fingerprint density at radius 1 is 1.31 bits per heavy atom. The largest absolute Gasteiger partial charge is 0.460 e. The number of rotatable bonds is 1. The van der Waals surface area contributed by atoms with Crippen molar-refractivity contribution in [2.75, 3.05) is 0 Å². The molecule has 6 heteroatoms. The highest BCUT2D eigenvalue weighted by Gasteiger charge is 2.34. The Kier molecular flexibility index (Phi) is 2.29. The summed E-state index contributed by atoms with van der Waals surface area (Å²) in [6.07, 6.45) is -4.43. The third-order valence-electron chi connectivity index (χ3n) is 2.16. The van der Waals surface area contributed by atoms with Crippen LogP contribution in [0.25, 0.3) is 11.5 Å². The SMILES string of the molecule is Cc1ccc(-c2cc(C(F)(F)F)nn2C)o1. The average molecular weight is 230 g/mol. The molecule has 86 valence electrons. The van der Waals surface area contributed by atoms with Gasteiger partial charge in [-0.1, -0.05) is 0 Å². The molecule has 16 heavy (non-hydrogen) atoms. The molecule has 0 amide bonds. The molecule has 0 aromatic carbocycles. The summed E-state index contributed by atoms with van der Waals surface area (Å²) in [4.78, 5) is 0. The molecule has 0 N–H and O–H groups in total. The maximum Gasteiger partial charge on any atom is 0.435 e. The standard InChI is InChI=1S/C10H9F3N2O/c1-6-3-4-8(16-6)7-5-9(10(11,12)13)14-15(7)2/h3-5H,1-2H3. The molecule has 0 aliphatic rings. The molecular formula is C10H9F3N2O. The molecular weight excluding hydrogens is 221 g/mol. The van der Waals surface area contributed by atoms with Crippen LogP contribution < -0.4 is 0 Å². The molecule has 2 rings (SSSR count). The number of aryl methyl sites for hydroxylation is 2. The van der Waals surface area contributed by atoms with Crippen molar-refractivity contribution < 1.29 is 17.6 Å². The van der Waals surface area contributed by atoms with Gasteiger partial charge in [0.25, 0.3) is 0 Å². The van der Waals surface area contributed by atoms with Crippen LogP contribution in [0.1, 0.15) is 11.5 Å². The first-order valence-electron chi connectivity index (χ1n) is 4.56. The van der Waals surface area contributed by atoms with E-state index >= 15 is 0 Å². The van der Waals surface area contributed by atoms with E-state index in [9.17, 15) is 13.2 Å². The van der Waals surface area contributed by atoms with E-state index in [1.165, 1.54) is 7.05 Å². The van der Waals surface area contributed by atoms with Crippen LogP contribution in [-0.4, -0.2) is 9.78 Å². The smallest absolute Gasteiger partial charge is 0.435 e. The Balaban J connectivity index is 2.47. The minimum atomic E-state index is -4.43. The van der Waals surface area contributed by atoms with Gasteiger partial charge in [-0.05, 0) is 25.1 Å². The summed E-state index contributed by atoms with van der Waals surface area (Å²) in [6, 6.07) is 4.28. The Hall–Kier alpha value is -1.72. The first kappa shape index (κ1) is 10.8. The van der Waals surface area contributed by atoms with Crippen LogP contribution in [0, 0.1) is 6.92 Å². The van der Waals surface area contributed by atoms with Crippen LogP contribution in [0.3, 0.4) is 0 Å². The molecule has 0 radical (unpaired) electrons. The molecule has 0 unspecified atom stereocenters. The fraction of sp³-hybridized carbons (Fsp3) is 0.300. The normalized spacial score (nSPS) is 12.1. The molecule has 0 atom stereocenters. The van der Waals surface area contributed by atoms with Gasteiger partial charge in [-0.2, -0.15) is 18.3 Å². The highest BCUT2D eigenvalue weighted by Crippen LogP contribution is 2.31. The number of furan rings is 1. The van der Waals surface area contributed by atoms with Gasteiger partial charge in [0.1, 0.15) is 11.5 Å². The summed E-state index contributed by atoms with van der Waals surface area (Å²) in [7, 11) is 1.45. The minimum absolute atomic E-state index is 0.306. The molecule has 0 aliphatic carbocycles. The lowest BCUT2D eigenvalue weighted by molar-refractivity contribution is -0.141. The van der Waals surface area contributed by atoms with Crippen molar-refractivity contribution in [3.05, 3.63) is 29.7 Å². The van der Waals surface area contributed by atoms with E-state index in [0.29, 0.717) is 17.2 Å². The zero-order valence-electron chi connectivity index (χ0n) is 8.67. The number of aromatic nitrogens is 2. The van der Waals surface area contributed by atoms with Crippen LogP contribution in [0.15, 0.2) is 22.6 Å². The molecule has 2 aromatic heterocycles. The van der Waals surface area contributed by atoms with Crippen molar-refractivity contribution in [1.29, 1.82) is 0 Å². The second kappa shape index (κ2) is 3.40. The van der Waals surface area contributed by atoms with E-state index in [1.807, 2.05) is 0 Å². The van der Waals surface area contributed by atoms with E-state index < -0.39 is 11.9 Å². The number of halogens is 3. The van der Waals surface area contributed by atoms with Crippen molar-refractivity contribution in [3.8, 4) is 11.5 Å². The monoisotopic (exact) mass is 230 g/mol. The summed E-state index contributed by atoms with van der Waals surface area (Å²) in [5.74, 6) is 1.02. The van der Waals surface area contributed by atoms with Crippen LogP contribution in [0.2, 0.25) is 0 Å². The Morgan fingerprint density at radius 2 is 2.00 bits per heavy atom. The number of nitrogens with zero attached hydrogens (tertiary/aromatic N) is 2. The van der Waals surface area contributed by atoms with Gasteiger partial charge < -0.3 is 4.42 Å². The summed E-state index contributed by atoms with van der Waals surface area (Å²) in [6.45, 7) is 1.73. The average Bonchev–Trinajstić information content (AvgIpc) is 2.70. The zero-order chi connectivity index (χ0) is 11.9. The maximum atomic E-state index is 12.4. The lowest BCUT2D eigenvalue weighted by atomic mass is 10.3. The molecule has 3 nitrogen and oxygen atoms in total. The molecule has 2 heterocycles. The van der Waals surface area contributed by atoms with Crippen molar-refractivity contribution in [1.82, 2.24) is 9.78 Å². The van der Waals surface area contributed by atoms with E-state index in [0.717, 1.165) is 10.7 Å². The summed E-state index contributed by atoms with van der Waals surface area (Å²) in [5, 5.41) is 3.40. The van der Waals surface area contributed by atoms with Crippen LogP contribution in [-0.2, 0) is 13.2 Å². The van der Waals surface area contributed by atoms with Crippen molar-refractivity contribution in [2.24, 2.45) is 7.05 Å². The Labute approximate surface area is 89.5 Å².